The standard InChI is InChI=1S/C25H20ClFN2O3/c26-13-16-32-20-11-7-18(8-12-20)25-22-4-2-1-3-21(22)24(31)29(25)15-14-28(25)23(30)17-5-9-19(27)10-6-17/h1-12H,13-16H2. The smallest absolute Gasteiger partial charge is 0.256 e. The van der Waals surface area contributed by atoms with Crippen molar-refractivity contribution in [1.82, 2.24) is 9.80 Å². The van der Waals surface area contributed by atoms with Crippen LogP contribution in [0.25, 0.3) is 0 Å². The van der Waals surface area contributed by atoms with Crippen molar-refractivity contribution in [2.45, 2.75) is 5.66 Å². The van der Waals surface area contributed by atoms with Gasteiger partial charge in [-0.05, 0) is 42.5 Å². The van der Waals surface area contributed by atoms with Crippen molar-refractivity contribution in [3.05, 3.63) is 101 Å². The lowest BCUT2D eigenvalue weighted by Crippen LogP contribution is -2.51. The lowest BCUT2D eigenvalue weighted by atomic mass is 9.89. The van der Waals surface area contributed by atoms with E-state index in [0.717, 1.165) is 11.1 Å². The zero-order valence-corrected chi connectivity index (χ0v) is 17.9. The van der Waals surface area contributed by atoms with Gasteiger partial charge in [0.1, 0.15) is 18.2 Å². The summed E-state index contributed by atoms with van der Waals surface area (Å²) in [6.45, 7) is 1.14. The molecular weight excluding hydrogens is 431 g/mol. The second kappa shape index (κ2) is 7.95. The van der Waals surface area contributed by atoms with Gasteiger partial charge in [0.15, 0.2) is 5.66 Å². The molecule has 0 saturated carbocycles. The first kappa shape index (κ1) is 20.5. The second-order valence-electron chi connectivity index (χ2n) is 7.70. The second-order valence-corrected chi connectivity index (χ2v) is 8.08. The van der Waals surface area contributed by atoms with Crippen LogP contribution in [0, 0.1) is 5.82 Å². The van der Waals surface area contributed by atoms with Crippen LogP contribution in [0.15, 0.2) is 72.8 Å². The SMILES string of the molecule is O=C(c1ccc(F)cc1)N1CCN2C(=O)c3ccccc3C12c1ccc(OCCCl)cc1. The van der Waals surface area contributed by atoms with E-state index in [1.807, 2.05) is 42.5 Å². The summed E-state index contributed by atoms with van der Waals surface area (Å²) in [7, 11) is 0. The van der Waals surface area contributed by atoms with Crippen LogP contribution in [-0.2, 0) is 5.66 Å². The molecule has 5 nitrogen and oxygen atoms in total. The van der Waals surface area contributed by atoms with Gasteiger partial charge in [0.25, 0.3) is 11.8 Å². The Morgan fingerprint density at radius 3 is 2.44 bits per heavy atom. The molecule has 2 amide bonds. The van der Waals surface area contributed by atoms with Crippen molar-refractivity contribution in [3.8, 4) is 5.75 Å². The van der Waals surface area contributed by atoms with Gasteiger partial charge in [-0.2, -0.15) is 0 Å². The van der Waals surface area contributed by atoms with E-state index in [1.54, 1.807) is 15.9 Å². The Bertz CT molecular complexity index is 1180. The summed E-state index contributed by atoms with van der Waals surface area (Å²) in [5.74, 6) is 0.246. The highest BCUT2D eigenvalue weighted by molar-refractivity contribution is 6.18. The minimum absolute atomic E-state index is 0.113. The topological polar surface area (TPSA) is 49.9 Å². The van der Waals surface area contributed by atoms with E-state index >= 15 is 0 Å². The molecule has 0 aromatic heterocycles. The van der Waals surface area contributed by atoms with E-state index in [-0.39, 0.29) is 11.8 Å². The molecule has 32 heavy (non-hydrogen) atoms. The van der Waals surface area contributed by atoms with E-state index in [0.29, 0.717) is 42.5 Å². The number of hydrogen-bond acceptors (Lipinski definition) is 3. The molecule has 0 N–H and O–H groups in total. The fourth-order valence-corrected chi connectivity index (χ4v) is 4.81. The van der Waals surface area contributed by atoms with Crippen molar-refractivity contribution < 1.29 is 18.7 Å². The maximum Gasteiger partial charge on any atom is 0.256 e. The number of rotatable bonds is 5. The third-order valence-electron chi connectivity index (χ3n) is 6.05. The van der Waals surface area contributed by atoms with Crippen LogP contribution in [-0.4, -0.2) is 47.2 Å². The molecule has 2 aliphatic rings. The number of amides is 2. The Morgan fingerprint density at radius 1 is 1.00 bits per heavy atom. The quantitative estimate of drug-likeness (QED) is 0.546. The van der Waals surface area contributed by atoms with E-state index in [4.69, 9.17) is 16.3 Å². The largest absolute Gasteiger partial charge is 0.492 e. The van der Waals surface area contributed by atoms with Crippen molar-refractivity contribution in [2.24, 2.45) is 0 Å². The average Bonchev–Trinajstić information content (AvgIpc) is 3.34. The molecule has 1 saturated heterocycles. The van der Waals surface area contributed by atoms with Gasteiger partial charge in [0.05, 0.1) is 5.88 Å². The number of carbonyl (C=O) groups excluding carboxylic acids is 2. The highest BCUT2D eigenvalue weighted by Gasteiger charge is 2.59. The van der Waals surface area contributed by atoms with Gasteiger partial charge < -0.3 is 14.5 Å². The molecule has 1 unspecified atom stereocenters. The van der Waals surface area contributed by atoms with Crippen LogP contribution in [0.2, 0.25) is 0 Å². The van der Waals surface area contributed by atoms with Crippen LogP contribution in [0.3, 0.4) is 0 Å². The number of hydrogen-bond donors (Lipinski definition) is 0. The summed E-state index contributed by atoms with van der Waals surface area (Å²) in [6.07, 6.45) is 0. The monoisotopic (exact) mass is 450 g/mol. The Morgan fingerprint density at radius 2 is 1.72 bits per heavy atom. The van der Waals surface area contributed by atoms with Gasteiger partial charge in [-0.3, -0.25) is 9.59 Å². The first-order valence-electron chi connectivity index (χ1n) is 10.4. The Balaban J connectivity index is 1.66. The molecule has 3 aromatic rings. The molecule has 2 heterocycles. The van der Waals surface area contributed by atoms with Gasteiger partial charge in [0, 0.05) is 35.3 Å². The van der Waals surface area contributed by atoms with Crippen molar-refractivity contribution in [2.75, 3.05) is 25.6 Å². The minimum atomic E-state index is -1.08. The molecule has 2 aliphatic heterocycles. The molecule has 1 atom stereocenters. The molecule has 162 valence electrons. The highest BCUT2D eigenvalue weighted by atomic mass is 35.5. The summed E-state index contributed by atoms with van der Waals surface area (Å²) in [4.78, 5) is 30.4. The summed E-state index contributed by atoms with van der Waals surface area (Å²) in [5, 5.41) is 0. The average molecular weight is 451 g/mol. The van der Waals surface area contributed by atoms with Crippen LogP contribution >= 0.6 is 11.6 Å². The molecule has 7 heteroatoms. The van der Waals surface area contributed by atoms with E-state index in [1.165, 1.54) is 24.3 Å². The number of fused-ring (bicyclic) bond motifs is 3. The first-order valence-corrected chi connectivity index (χ1v) is 10.9. The van der Waals surface area contributed by atoms with Crippen LogP contribution in [0.1, 0.15) is 31.8 Å². The van der Waals surface area contributed by atoms with Crippen molar-refractivity contribution in [3.63, 3.8) is 0 Å². The number of nitrogens with zero attached hydrogens (tertiary/aromatic N) is 2. The number of benzene rings is 3. The third kappa shape index (κ3) is 2.98. The predicted octanol–water partition coefficient (Wildman–Crippen LogP) is 4.26. The van der Waals surface area contributed by atoms with E-state index < -0.39 is 11.5 Å². The Hall–Kier alpha value is -3.38. The number of ether oxygens (including phenoxy) is 1. The van der Waals surface area contributed by atoms with Crippen molar-refractivity contribution >= 4 is 23.4 Å². The number of carbonyl (C=O) groups is 2. The van der Waals surface area contributed by atoms with E-state index in [2.05, 4.69) is 0 Å². The molecule has 0 radical (unpaired) electrons. The molecule has 1 fully saturated rings. The molecular formula is C25H20ClFN2O3. The lowest BCUT2D eigenvalue weighted by molar-refractivity contribution is 0.0375. The number of alkyl halides is 1. The number of halogens is 2. The molecule has 3 aromatic carbocycles. The minimum Gasteiger partial charge on any atom is -0.492 e. The third-order valence-corrected chi connectivity index (χ3v) is 6.20. The van der Waals surface area contributed by atoms with Crippen LogP contribution < -0.4 is 4.74 Å². The van der Waals surface area contributed by atoms with Crippen LogP contribution in [0.4, 0.5) is 4.39 Å². The summed E-state index contributed by atoms with van der Waals surface area (Å²) < 4.78 is 19.1. The maximum absolute atomic E-state index is 13.6. The molecule has 0 aliphatic carbocycles. The summed E-state index contributed by atoms with van der Waals surface area (Å²) in [6, 6.07) is 20.2. The maximum atomic E-state index is 13.6. The molecule has 5 rings (SSSR count). The van der Waals surface area contributed by atoms with Gasteiger partial charge in [-0.1, -0.05) is 30.3 Å². The van der Waals surface area contributed by atoms with Crippen LogP contribution in [0.5, 0.6) is 5.75 Å². The molecule has 0 spiro atoms. The van der Waals surface area contributed by atoms with Gasteiger partial charge in [-0.15, -0.1) is 11.6 Å². The molecule has 0 bridgehead atoms. The normalized spacial score (nSPS) is 19.1. The van der Waals surface area contributed by atoms with Gasteiger partial charge in [-0.25, -0.2) is 4.39 Å². The zero-order chi connectivity index (χ0) is 22.3. The highest BCUT2D eigenvalue weighted by Crippen LogP contribution is 2.50. The first-order chi connectivity index (χ1) is 15.6. The van der Waals surface area contributed by atoms with E-state index in [9.17, 15) is 14.0 Å². The lowest BCUT2D eigenvalue weighted by Gasteiger charge is -2.40. The van der Waals surface area contributed by atoms with Gasteiger partial charge >= 0.3 is 0 Å². The zero-order valence-electron chi connectivity index (χ0n) is 17.1. The van der Waals surface area contributed by atoms with Gasteiger partial charge in [0.2, 0.25) is 0 Å². The fourth-order valence-electron chi connectivity index (χ4n) is 4.73. The summed E-state index contributed by atoms with van der Waals surface area (Å²) in [5.41, 5.74) is 1.40. The summed E-state index contributed by atoms with van der Waals surface area (Å²) >= 11 is 5.72. The fraction of sp³-hybridized carbons (Fsp3) is 0.200. The Labute approximate surface area is 190 Å². The predicted molar refractivity (Wildman–Crippen MR) is 118 cm³/mol. The van der Waals surface area contributed by atoms with Crippen molar-refractivity contribution in [1.29, 1.82) is 0 Å². The Kier molecular flexibility index (Phi) is 5.10.